The van der Waals surface area contributed by atoms with Crippen molar-refractivity contribution in [2.24, 2.45) is 11.1 Å². The number of rotatable bonds is 6. The van der Waals surface area contributed by atoms with Gasteiger partial charge >= 0.3 is 0 Å². The van der Waals surface area contributed by atoms with E-state index in [0.29, 0.717) is 17.2 Å². The molecule has 0 spiro atoms. The van der Waals surface area contributed by atoms with Gasteiger partial charge in [-0.25, -0.2) is 8.42 Å². The molecule has 0 bridgehead atoms. The fourth-order valence-corrected chi connectivity index (χ4v) is 4.18. The number of nitrogens with two attached hydrogens (primary N) is 1. The summed E-state index contributed by atoms with van der Waals surface area (Å²) in [4.78, 5) is 0.367. The van der Waals surface area contributed by atoms with Gasteiger partial charge in [-0.1, -0.05) is 0 Å². The Morgan fingerprint density at radius 1 is 1.28 bits per heavy atom. The zero-order valence-corrected chi connectivity index (χ0v) is 11.4. The molecular weight excluding hydrogens is 250 g/mol. The number of benzene rings is 1. The maximum absolute atomic E-state index is 12.3. The maximum atomic E-state index is 12.3. The summed E-state index contributed by atoms with van der Waals surface area (Å²) in [5.41, 5.74) is 5.48. The minimum absolute atomic E-state index is 0.0620. The second kappa shape index (κ2) is 4.90. The van der Waals surface area contributed by atoms with Gasteiger partial charge in [-0.2, -0.15) is 0 Å². The molecule has 1 aliphatic rings. The second-order valence-corrected chi connectivity index (χ2v) is 6.96. The molecule has 0 radical (unpaired) electrons. The van der Waals surface area contributed by atoms with Crippen molar-refractivity contribution in [2.45, 2.75) is 24.2 Å². The molecule has 1 fully saturated rings. The Bertz CT molecular complexity index is 504. The molecule has 4 nitrogen and oxygen atoms in total. The SMILES string of the molecule is COc1ccc(S(=O)(=O)CC2(CCN)CC2)cc1. The summed E-state index contributed by atoms with van der Waals surface area (Å²) in [6, 6.07) is 6.56. The van der Waals surface area contributed by atoms with E-state index in [1.807, 2.05) is 0 Å². The third-order valence-electron chi connectivity index (χ3n) is 3.55. The van der Waals surface area contributed by atoms with Crippen LogP contribution in [-0.4, -0.2) is 27.8 Å². The Balaban J connectivity index is 2.15. The van der Waals surface area contributed by atoms with Crippen LogP contribution in [0.4, 0.5) is 0 Å². The van der Waals surface area contributed by atoms with E-state index in [-0.39, 0.29) is 11.2 Å². The van der Waals surface area contributed by atoms with Gasteiger partial charge in [-0.05, 0) is 55.5 Å². The standard InChI is InChI=1S/C13H19NO3S/c1-17-11-2-4-12(5-3-11)18(15,16)10-13(6-7-13)8-9-14/h2-5H,6-10,14H2,1H3. The number of methoxy groups -OCH3 is 1. The van der Waals surface area contributed by atoms with E-state index in [4.69, 9.17) is 10.5 Å². The summed E-state index contributed by atoms with van der Waals surface area (Å²) in [5, 5.41) is 0. The molecule has 0 aromatic heterocycles. The van der Waals surface area contributed by atoms with Crippen LogP contribution in [0.3, 0.4) is 0 Å². The maximum Gasteiger partial charge on any atom is 0.178 e. The van der Waals surface area contributed by atoms with Crippen molar-refractivity contribution < 1.29 is 13.2 Å². The molecule has 18 heavy (non-hydrogen) atoms. The molecule has 1 aliphatic carbocycles. The molecule has 1 saturated carbocycles. The average molecular weight is 269 g/mol. The van der Waals surface area contributed by atoms with Crippen molar-refractivity contribution in [3.8, 4) is 5.75 Å². The molecule has 100 valence electrons. The Morgan fingerprint density at radius 3 is 2.33 bits per heavy atom. The first-order valence-corrected chi connectivity index (χ1v) is 7.73. The van der Waals surface area contributed by atoms with Crippen LogP contribution in [0.2, 0.25) is 0 Å². The summed E-state index contributed by atoms with van der Waals surface area (Å²) >= 11 is 0. The molecule has 0 unspecified atom stereocenters. The van der Waals surface area contributed by atoms with Crippen molar-refractivity contribution in [2.75, 3.05) is 19.4 Å². The number of hydrogen-bond acceptors (Lipinski definition) is 4. The van der Waals surface area contributed by atoms with E-state index in [1.54, 1.807) is 31.4 Å². The van der Waals surface area contributed by atoms with Gasteiger partial charge in [0, 0.05) is 0 Å². The third-order valence-corrected chi connectivity index (χ3v) is 5.53. The van der Waals surface area contributed by atoms with Crippen LogP contribution in [0.5, 0.6) is 5.75 Å². The number of hydrogen-bond donors (Lipinski definition) is 1. The summed E-state index contributed by atoms with van der Waals surface area (Å²) < 4.78 is 29.6. The summed E-state index contributed by atoms with van der Waals surface area (Å²) in [7, 11) is -1.65. The lowest BCUT2D eigenvalue weighted by Gasteiger charge is -2.14. The van der Waals surface area contributed by atoms with Crippen LogP contribution in [0.25, 0.3) is 0 Å². The smallest absolute Gasteiger partial charge is 0.178 e. The van der Waals surface area contributed by atoms with Gasteiger partial charge in [0.1, 0.15) is 5.75 Å². The van der Waals surface area contributed by atoms with Crippen LogP contribution < -0.4 is 10.5 Å². The predicted octanol–water partition coefficient (Wildman–Crippen LogP) is 1.60. The molecule has 0 atom stereocenters. The Morgan fingerprint density at radius 2 is 1.89 bits per heavy atom. The Labute approximate surface area is 108 Å². The fourth-order valence-electron chi connectivity index (χ4n) is 2.22. The van der Waals surface area contributed by atoms with Crippen LogP contribution in [0, 0.1) is 5.41 Å². The van der Waals surface area contributed by atoms with Crippen molar-refractivity contribution in [3.05, 3.63) is 24.3 Å². The Kier molecular flexibility index (Phi) is 3.64. The normalized spacial score (nSPS) is 17.4. The lowest BCUT2D eigenvalue weighted by molar-refractivity contribution is 0.414. The van der Waals surface area contributed by atoms with Gasteiger partial charge in [0.05, 0.1) is 17.8 Å². The topological polar surface area (TPSA) is 69.4 Å². The van der Waals surface area contributed by atoms with Gasteiger partial charge in [-0.15, -0.1) is 0 Å². The molecule has 1 aromatic carbocycles. The molecule has 2 N–H and O–H groups in total. The lowest BCUT2D eigenvalue weighted by Crippen LogP contribution is -2.20. The monoisotopic (exact) mass is 269 g/mol. The van der Waals surface area contributed by atoms with Gasteiger partial charge in [0.25, 0.3) is 0 Å². The average Bonchev–Trinajstić information content (AvgIpc) is 3.08. The van der Waals surface area contributed by atoms with E-state index >= 15 is 0 Å². The molecule has 2 rings (SSSR count). The van der Waals surface area contributed by atoms with Crippen molar-refractivity contribution >= 4 is 9.84 Å². The van der Waals surface area contributed by atoms with Crippen LogP contribution >= 0.6 is 0 Å². The summed E-state index contributed by atoms with van der Waals surface area (Å²) in [6.07, 6.45) is 2.74. The van der Waals surface area contributed by atoms with Crippen molar-refractivity contribution in [1.29, 1.82) is 0 Å². The van der Waals surface area contributed by atoms with Gasteiger partial charge < -0.3 is 10.5 Å². The molecule has 0 saturated heterocycles. The van der Waals surface area contributed by atoms with Gasteiger partial charge in [0.2, 0.25) is 0 Å². The quantitative estimate of drug-likeness (QED) is 0.851. The lowest BCUT2D eigenvalue weighted by atomic mass is 10.1. The van der Waals surface area contributed by atoms with Crippen LogP contribution in [-0.2, 0) is 9.84 Å². The predicted molar refractivity (Wildman–Crippen MR) is 70.4 cm³/mol. The molecule has 5 heteroatoms. The highest BCUT2D eigenvalue weighted by molar-refractivity contribution is 7.91. The Hall–Kier alpha value is -1.07. The third kappa shape index (κ3) is 2.84. The zero-order chi connectivity index (χ0) is 13.2. The minimum Gasteiger partial charge on any atom is -0.497 e. The molecule has 0 heterocycles. The van der Waals surface area contributed by atoms with Crippen molar-refractivity contribution in [1.82, 2.24) is 0 Å². The van der Waals surface area contributed by atoms with Crippen LogP contribution in [0.15, 0.2) is 29.2 Å². The fraction of sp³-hybridized carbons (Fsp3) is 0.538. The van der Waals surface area contributed by atoms with Crippen molar-refractivity contribution in [3.63, 3.8) is 0 Å². The van der Waals surface area contributed by atoms with E-state index < -0.39 is 9.84 Å². The van der Waals surface area contributed by atoms with E-state index in [1.165, 1.54) is 0 Å². The van der Waals surface area contributed by atoms with Crippen LogP contribution in [0.1, 0.15) is 19.3 Å². The largest absolute Gasteiger partial charge is 0.497 e. The first-order chi connectivity index (χ1) is 8.51. The minimum atomic E-state index is -3.21. The molecule has 1 aromatic rings. The highest BCUT2D eigenvalue weighted by Gasteiger charge is 2.45. The molecular formula is C13H19NO3S. The first-order valence-electron chi connectivity index (χ1n) is 6.08. The van der Waals surface area contributed by atoms with E-state index in [2.05, 4.69) is 0 Å². The number of sulfone groups is 1. The van der Waals surface area contributed by atoms with E-state index in [9.17, 15) is 8.42 Å². The number of ether oxygens (including phenoxy) is 1. The molecule has 0 amide bonds. The summed E-state index contributed by atoms with van der Waals surface area (Å²) in [5.74, 6) is 0.876. The van der Waals surface area contributed by atoms with Gasteiger partial charge in [0.15, 0.2) is 9.84 Å². The zero-order valence-electron chi connectivity index (χ0n) is 10.6. The second-order valence-electron chi connectivity index (χ2n) is 4.97. The van der Waals surface area contributed by atoms with E-state index in [0.717, 1.165) is 19.3 Å². The molecule has 0 aliphatic heterocycles. The first kappa shape index (κ1) is 13.4. The van der Waals surface area contributed by atoms with Gasteiger partial charge in [-0.3, -0.25) is 0 Å². The summed E-state index contributed by atoms with van der Waals surface area (Å²) in [6.45, 7) is 0.554. The highest BCUT2D eigenvalue weighted by Crippen LogP contribution is 2.50. The highest BCUT2D eigenvalue weighted by atomic mass is 32.2.